The van der Waals surface area contributed by atoms with E-state index in [2.05, 4.69) is 25.2 Å². The van der Waals surface area contributed by atoms with Gasteiger partial charge in [0, 0.05) is 11.8 Å². The fourth-order valence-electron chi connectivity index (χ4n) is 3.23. The summed E-state index contributed by atoms with van der Waals surface area (Å²) < 4.78 is 10.5. The first-order chi connectivity index (χ1) is 8.60. The largest absolute Gasteiger partial charge is 0.497 e. The molecule has 0 saturated carbocycles. The van der Waals surface area contributed by atoms with Crippen LogP contribution in [-0.2, 0) is 14.3 Å². The van der Waals surface area contributed by atoms with E-state index >= 15 is 0 Å². The van der Waals surface area contributed by atoms with Crippen LogP contribution in [-0.4, -0.2) is 19.7 Å². The smallest absolute Gasteiger partial charge is 0.306 e. The predicted octanol–water partition coefficient (Wildman–Crippen LogP) is 2.60. The molecule has 18 heavy (non-hydrogen) atoms. The van der Waals surface area contributed by atoms with Gasteiger partial charge in [0.2, 0.25) is 0 Å². The maximum Gasteiger partial charge on any atom is 0.306 e. The molecule has 3 aliphatic rings. The molecule has 1 fully saturated rings. The number of ether oxygens (including phenoxy) is 2. The van der Waals surface area contributed by atoms with Gasteiger partial charge in [-0.2, -0.15) is 0 Å². The molecule has 0 N–H and O–H groups in total. The molecule has 0 aromatic carbocycles. The second-order valence-corrected chi connectivity index (χ2v) is 5.71. The summed E-state index contributed by atoms with van der Waals surface area (Å²) in [5, 5.41) is 0. The summed E-state index contributed by atoms with van der Waals surface area (Å²) in [6.07, 6.45) is 10.1. The van der Waals surface area contributed by atoms with Crippen molar-refractivity contribution in [2.24, 2.45) is 17.3 Å². The highest BCUT2D eigenvalue weighted by Crippen LogP contribution is 2.49. The number of rotatable bonds is 1. The second-order valence-electron chi connectivity index (χ2n) is 5.71. The van der Waals surface area contributed by atoms with Gasteiger partial charge in [-0.05, 0) is 29.6 Å². The van der Waals surface area contributed by atoms with E-state index in [1.54, 1.807) is 7.11 Å². The average molecular weight is 246 g/mol. The molecule has 0 aromatic rings. The zero-order valence-electron chi connectivity index (χ0n) is 10.8. The summed E-state index contributed by atoms with van der Waals surface area (Å²) >= 11 is 0. The Morgan fingerprint density at radius 3 is 3.11 bits per heavy atom. The lowest BCUT2D eigenvalue weighted by molar-refractivity contribution is -0.157. The monoisotopic (exact) mass is 246 g/mol. The molecule has 0 spiro atoms. The van der Waals surface area contributed by atoms with E-state index in [1.807, 2.05) is 6.08 Å². The molecule has 0 radical (unpaired) electrons. The fraction of sp³-hybridized carbons (Fsp3) is 0.533. The van der Waals surface area contributed by atoms with Gasteiger partial charge in [0.1, 0.15) is 5.76 Å². The van der Waals surface area contributed by atoms with Crippen molar-refractivity contribution in [3.63, 3.8) is 0 Å². The Kier molecular flexibility index (Phi) is 2.58. The molecule has 0 amide bonds. The van der Waals surface area contributed by atoms with Crippen molar-refractivity contribution in [2.45, 2.75) is 19.8 Å². The Labute approximate surface area is 107 Å². The second kappa shape index (κ2) is 4.01. The fourth-order valence-corrected chi connectivity index (χ4v) is 3.23. The van der Waals surface area contributed by atoms with Crippen LogP contribution in [0.2, 0.25) is 0 Å². The molecule has 0 bridgehead atoms. The molecule has 2 aliphatic carbocycles. The molecule has 3 heteroatoms. The van der Waals surface area contributed by atoms with Crippen molar-refractivity contribution in [1.82, 2.24) is 0 Å². The van der Waals surface area contributed by atoms with E-state index in [0.29, 0.717) is 24.9 Å². The highest BCUT2D eigenvalue weighted by Gasteiger charge is 2.44. The minimum Gasteiger partial charge on any atom is -0.497 e. The number of cyclic esters (lactones) is 1. The number of allylic oxidation sites excluding steroid dienone is 4. The van der Waals surface area contributed by atoms with Crippen molar-refractivity contribution in [2.75, 3.05) is 13.7 Å². The van der Waals surface area contributed by atoms with Gasteiger partial charge in [-0.3, -0.25) is 4.79 Å². The highest BCUT2D eigenvalue weighted by molar-refractivity contribution is 5.71. The van der Waals surface area contributed by atoms with Crippen molar-refractivity contribution in [3.8, 4) is 0 Å². The number of carbonyl (C=O) groups excluding carboxylic acids is 1. The molecule has 1 heterocycles. The van der Waals surface area contributed by atoms with Crippen LogP contribution in [0.4, 0.5) is 0 Å². The van der Waals surface area contributed by atoms with Gasteiger partial charge in [0.05, 0.1) is 20.1 Å². The Hall–Kier alpha value is -1.51. The van der Waals surface area contributed by atoms with Gasteiger partial charge < -0.3 is 9.47 Å². The van der Waals surface area contributed by atoms with E-state index in [4.69, 9.17) is 9.47 Å². The van der Waals surface area contributed by atoms with E-state index in [1.165, 1.54) is 5.57 Å². The third-order valence-electron chi connectivity index (χ3n) is 4.41. The standard InChI is InChI=1S/C15H18O3/c1-15-7-10-3-4-13(17-2)6-11(10)5-12(15)9-18-14(16)8-15/h3-6,10,12H,7-9H2,1-2H3/t10?,12-,15-/m1/s1. The maximum atomic E-state index is 11.5. The van der Waals surface area contributed by atoms with Crippen LogP contribution in [0, 0.1) is 17.3 Å². The number of hydrogen-bond acceptors (Lipinski definition) is 3. The molecule has 3 rings (SSSR count). The van der Waals surface area contributed by atoms with Crippen LogP contribution >= 0.6 is 0 Å². The topological polar surface area (TPSA) is 35.5 Å². The third kappa shape index (κ3) is 1.78. The lowest BCUT2D eigenvalue weighted by Crippen LogP contribution is -2.42. The van der Waals surface area contributed by atoms with Crippen LogP contribution in [0.1, 0.15) is 19.8 Å². The Morgan fingerprint density at radius 1 is 1.50 bits per heavy atom. The van der Waals surface area contributed by atoms with Crippen LogP contribution in [0.5, 0.6) is 0 Å². The van der Waals surface area contributed by atoms with Gasteiger partial charge >= 0.3 is 5.97 Å². The van der Waals surface area contributed by atoms with E-state index in [9.17, 15) is 4.79 Å². The van der Waals surface area contributed by atoms with Crippen molar-refractivity contribution in [3.05, 3.63) is 35.6 Å². The van der Waals surface area contributed by atoms with Crippen LogP contribution in [0.25, 0.3) is 0 Å². The van der Waals surface area contributed by atoms with Crippen molar-refractivity contribution >= 4 is 5.97 Å². The molecule has 1 aliphatic heterocycles. The zero-order chi connectivity index (χ0) is 12.8. The maximum absolute atomic E-state index is 11.5. The minimum absolute atomic E-state index is 0.0479. The molecular formula is C15H18O3. The number of hydrogen-bond donors (Lipinski definition) is 0. The van der Waals surface area contributed by atoms with Crippen molar-refractivity contribution < 1.29 is 14.3 Å². The van der Waals surface area contributed by atoms with Crippen LogP contribution < -0.4 is 0 Å². The lowest BCUT2D eigenvalue weighted by atomic mass is 9.62. The van der Waals surface area contributed by atoms with Gasteiger partial charge in [-0.25, -0.2) is 0 Å². The van der Waals surface area contributed by atoms with Gasteiger partial charge in [0.15, 0.2) is 0 Å². The summed E-state index contributed by atoms with van der Waals surface area (Å²) in [6.45, 7) is 2.72. The van der Waals surface area contributed by atoms with E-state index < -0.39 is 0 Å². The average Bonchev–Trinajstić information content (AvgIpc) is 2.35. The Balaban J connectivity index is 1.93. The Bertz CT molecular complexity index is 472. The van der Waals surface area contributed by atoms with E-state index in [0.717, 1.165) is 12.2 Å². The molecule has 3 nitrogen and oxygen atoms in total. The lowest BCUT2D eigenvalue weighted by Gasteiger charge is -2.45. The van der Waals surface area contributed by atoms with Gasteiger partial charge in [-0.1, -0.05) is 19.1 Å². The highest BCUT2D eigenvalue weighted by atomic mass is 16.5. The number of methoxy groups -OCH3 is 1. The Morgan fingerprint density at radius 2 is 2.33 bits per heavy atom. The van der Waals surface area contributed by atoms with E-state index in [-0.39, 0.29) is 11.4 Å². The molecule has 1 saturated heterocycles. The summed E-state index contributed by atoms with van der Waals surface area (Å²) in [4.78, 5) is 11.5. The first-order valence-electron chi connectivity index (χ1n) is 6.42. The number of fused-ring (bicyclic) bond motifs is 2. The SMILES string of the molecule is COC1=CC2=C[C@@H]3COC(=O)C[C@@]3(C)CC2C=C1. The van der Waals surface area contributed by atoms with Crippen LogP contribution in [0.15, 0.2) is 35.6 Å². The molecule has 0 aromatic heterocycles. The first-order valence-corrected chi connectivity index (χ1v) is 6.42. The van der Waals surface area contributed by atoms with Crippen molar-refractivity contribution in [1.29, 1.82) is 0 Å². The summed E-state index contributed by atoms with van der Waals surface area (Å²) in [7, 11) is 1.69. The molecule has 1 unspecified atom stereocenters. The van der Waals surface area contributed by atoms with Gasteiger partial charge in [-0.15, -0.1) is 0 Å². The zero-order valence-corrected chi connectivity index (χ0v) is 10.8. The number of carbonyl (C=O) groups is 1. The molecule has 96 valence electrons. The van der Waals surface area contributed by atoms with Gasteiger partial charge in [0.25, 0.3) is 0 Å². The summed E-state index contributed by atoms with van der Waals surface area (Å²) in [5.74, 6) is 1.59. The predicted molar refractivity (Wildman–Crippen MR) is 67.6 cm³/mol. The third-order valence-corrected chi connectivity index (χ3v) is 4.41. The number of esters is 1. The summed E-state index contributed by atoms with van der Waals surface area (Å²) in [5.41, 5.74) is 1.35. The summed E-state index contributed by atoms with van der Waals surface area (Å²) in [6, 6.07) is 0. The first kappa shape index (κ1) is 11.6. The molecule has 3 atom stereocenters. The quantitative estimate of drug-likeness (QED) is 0.667. The normalized spacial score (nSPS) is 38.0. The minimum atomic E-state index is -0.0569. The molecular weight excluding hydrogens is 228 g/mol. The van der Waals surface area contributed by atoms with Crippen LogP contribution in [0.3, 0.4) is 0 Å².